The standard InChI is InChI=1S/C15H20N2OS/c1-3-7-16-9-14-11-19-15(17-14)13-6-4-5-12(8-13)10-18-2/h4-6,8,11,16H,3,7,9-10H2,1-2H3. The van der Waals surface area contributed by atoms with Gasteiger partial charge in [-0.1, -0.05) is 25.1 Å². The largest absolute Gasteiger partial charge is 0.380 e. The molecule has 0 aliphatic carbocycles. The van der Waals surface area contributed by atoms with E-state index in [1.54, 1.807) is 18.4 Å². The Morgan fingerprint density at radius 2 is 2.26 bits per heavy atom. The molecule has 0 saturated carbocycles. The molecule has 2 rings (SSSR count). The van der Waals surface area contributed by atoms with Crippen molar-refractivity contribution in [1.29, 1.82) is 0 Å². The van der Waals surface area contributed by atoms with Gasteiger partial charge in [0.05, 0.1) is 12.3 Å². The average molecular weight is 276 g/mol. The van der Waals surface area contributed by atoms with Crippen LogP contribution in [-0.4, -0.2) is 18.6 Å². The molecule has 102 valence electrons. The molecule has 3 nitrogen and oxygen atoms in total. The summed E-state index contributed by atoms with van der Waals surface area (Å²) in [4.78, 5) is 4.67. The molecule has 2 aromatic rings. The third kappa shape index (κ3) is 4.13. The van der Waals surface area contributed by atoms with Crippen LogP contribution in [0.15, 0.2) is 29.6 Å². The van der Waals surface area contributed by atoms with E-state index < -0.39 is 0 Å². The van der Waals surface area contributed by atoms with Gasteiger partial charge >= 0.3 is 0 Å². The van der Waals surface area contributed by atoms with Gasteiger partial charge in [-0.2, -0.15) is 0 Å². The number of ether oxygens (including phenoxy) is 1. The van der Waals surface area contributed by atoms with Crippen LogP contribution in [0.2, 0.25) is 0 Å². The zero-order valence-electron chi connectivity index (χ0n) is 11.5. The number of benzene rings is 1. The number of methoxy groups -OCH3 is 1. The Morgan fingerprint density at radius 1 is 1.37 bits per heavy atom. The maximum absolute atomic E-state index is 5.16. The molecule has 1 aromatic heterocycles. The van der Waals surface area contributed by atoms with Crippen molar-refractivity contribution in [3.63, 3.8) is 0 Å². The lowest BCUT2D eigenvalue weighted by atomic mass is 10.1. The first-order valence-corrected chi connectivity index (χ1v) is 7.44. The highest BCUT2D eigenvalue weighted by molar-refractivity contribution is 7.13. The number of hydrogen-bond acceptors (Lipinski definition) is 4. The third-order valence-electron chi connectivity index (χ3n) is 2.77. The first kappa shape index (κ1) is 14.2. The van der Waals surface area contributed by atoms with Crippen molar-refractivity contribution in [2.45, 2.75) is 26.5 Å². The van der Waals surface area contributed by atoms with Crippen LogP contribution in [0.25, 0.3) is 10.6 Å². The van der Waals surface area contributed by atoms with Crippen LogP contribution in [0, 0.1) is 0 Å². The first-order chi connectivity index (χ1) is 9.33. The molecule has 0 amide bonds. The minimum atomic E-state index is 0.643. The van der Waals surface area contributed by atoms with Crippen LogP contribution in [0.1, 0.15) is 24.6 Å². The summed E-state index contributed by atoms with van der Waals surface area (Å²) >= 11 is 1.70. The summed E-state index contributed by atoms with van der Waals surface area (Å²) in [5.74, 6) is 0. The molecule has 0 aliphatic rings. The predicted octanol–water partition coefficient (Wildman–Crippen LogP) is 3.46. The SMILES string of the molecule is CCCNCc1csc(-c2cccc(COC)c2)n1. The van der Waals surface area contributed by atoms with Gasteiger partial charge in [-0.25, -0.2) is 4.98 Å². The number of thiazole rings is 1. The van der Waals surface area contributed by atoms with Crippen molar-refractivity contribution in [2.24, 2.45) is 0 Å². The molecule has 1 heterocycles. The van der Waals surface area contributed by atoms with E-state index in [-0.39, 0.29) is 0 Å². The first-order valence-electron chi connectivity index (χ1n) is 6.57. The molecule has 0 radical (unpaired) electrons. The van der Waals surface area contributed by atoms with Crippen LogP contribution in [0.5, 0.6) is 0 Å². The van der Waals surface area contributed by atoms with Gasteiger partial charge in [-0.15, -0.1) is 11.3 Å². The number of hydrogen-bond donors (Lipinski definition) is 1. The Kier molecular flexibility index (Phi) is 5.51. The predicted molar refractivity (Wildman–Crippen MR) is 80.3 cm³/mol. The topological polar surface area (TPSA) is 34.1 Å². The summed E-state index contributed by atoms with van der Waals surface area (Å²) in [5.41, 5.74) is 3.47. The summed E-state index contributed by atoms with van der Waals surface area (Å²) in [6.07, 6.45) is 1.15. The van der Waals surface area contributed by atoms with Gasteiger partial charge in [-0.05, 0) is 24.6 Å². The Balaban J connectivity index is 2.07. The summed E-state index contributed by atoms with van der Waals surface area (Å²) in [5, 5.41) is 6.57. The fourth-order valence-electron chi connectivity index (χ4n) is 1.87. The van der Waals surface area contributed by atoms with E-state index in [0.717, 1.165) is 30.2 Å². The van der Waals surface area contributed by atoms with Crippen LogP contribution >= 0.6 is 11.3 Å². The molecule has 0 aliphatic heterocycles. The molecule has 0 spiro atoms. The van der Waals surface area contributed by atoms with Crippen molar-refractivity contribution < 1.29 is 4.74 Å². The van der Waals surface area contributed by atoms with Gasteiger partial charge in [0.15, 0.2) is 0 Å². The summed E-state index contributed by atoms with van der Waals surface area (Å²) in [7, 11) is 1.72. The van der Waals surface area contributed by atoms with Crippen molar-refractivity contribution in [2.75, 3.05) is 13.7 Å². The zero-order chi connectivity index (χ0) is 13.5. The third-order valence-corrected chi connectivity index (χ3v) is 3.71. The minimum absolute atomic E-state index is 0.643. The van der Waals surface area contributed by atoms with E-state index in [0.29, 0.717) is 6.61 Å². The van der Waals surface area contributed by atoms with E-state index in [1.807, 2.05) is 0 Å². The van der Waals surface area contributed by atoms with E-state index >= 15 is 0 Å². The van der Waals surface area contributed by atoms with Crippen LogP contribution in [0.4, 0.5) is 0 Å². The fourth-order valence-corrected chi connectivity index (χ4v) is 2.69. The Morgan fingerprint density at radius 3 is 3.05 bits per heavy atom. The van der Waals surface area contributed by atoms with Crippen LogP contribution in [-0.2, 0) is 17.9 Å². The lowest BCUT2D eigenvalue weighted by Gasteiger charge is -2.02. The Hall–Kier alpha value is -1.23. The van der Waals surface area contributed by atoms with E-state index in [4.69, 9.17) is 4.74 Å². The number of aromatic nitrogens is 1. The molecule has 1 aromatic carbocycles. The van der Waals surface area contributed by atoms with Gasteiger partial charge < -0.3 is 10.1 Å². The van der Waals surface area contributed by atoms with E-state index in [2.05, 4.69) is 46.9 Å². The normalized spacial score (nSPS) is 10.8. The molecular weight excluding hydrogens is 256 g/mol. The van der Waals surface area contributed by atoms with Gasteiger partial charge in [0, 0.05) is 24.6 Å². The lowest BCUT2D eigenvalue weighted by Crippen LogP contribution is -2.13. The monoisotopic (exact) mass is 276 g/mol. The molecule has 4 heteroatoms. The van der Waals surface area contributed by atoms with Crippen LogP contribution in [0.3, 0.4) is 0 Å². The molecule has 0 fully saturated rings. The van der Waals surface area contributed by atoms with Gasteiger partial charge in [-0.3, -0.25) is 0 Å². The summed E-state index contributed by atoms with van der Waals surface area (Å²) < 4.78 is 5.16. The Labute approximate surface area is 118 Å². The quantitative estimate of drug-likeness (QED) is 0.786. The molecular formula is C15H20N2OS. The lowest BCUT2D eigenvalue weighted by molar-refractivity contribution is 0.185. The fraction of sp³-hybridized carbons (Fsp3) is 0.400. The number of rotatable bonds is 7. The highest BCUT2D eigenvalue weighted by Gasteiger charge is 2.05. The van der Waals surface area contributed by atoms with E-state index in [1.165, 1.54) is 11.1 Å². The van der Waals surface area contributed by atoms with Crippen molar-refractivity contribution in [3.8, 4) is 10.6 Å². The van der Waals surface area contributed by atoms with Gasteiger partial charge in [0.25, 0.3) is 0 Å². The second kappa shape index (κ2) is 7.38. The molecule has 0 saturated heterocycles. The number of nitrogens with one attached hydrogen (secondary N) is 1. The van der Waals surface area contributed by atoms with Crippen molar-refractivity contribution in [1.82, 2.24) is 10.3 Å². The molecule has 0 unspecified atom stereocenters. The highest BCUT2D eigenvalue weighted by Crippen LogP contribution is 2.24. The second-order valence-electron chi connectivity index (χ2n) is 4.45. The molecule has 1 N–H and O–H groups in total. The second-order valence-corrected chi connectivity index (χ2v) is 5.31. The molecule has 0 bridgehead atoms. The maximum atomic E-state index is 5.16. The van der Waals surface area contributed by atoms with Gasteiger partial charge in [0.1, 0.15) is 5.01 Å². The zero-order valence-corrected chi connectivity index (χ0v) is 12.3. The Bertz CT molecular complexity index is 510. The number of nitrogens with zero attached hydrogens (tertiary/aromatic N) is 1. The van der Waals surface area contributed by atoms with Gasteiger partial charge in [0.2, 0.25) is 0 Å². The summed E-state index contributed by atoms with van der Waals surface area (Å²) in [6.45, 7) is 4.70. The smallest absolute Gasteiger partial charge is 0.123 e. The maximum Gasteiger partial charge on any atom is 0.123 e. The molecule has 0 atom stereocenters. The van der Waals surface area contributed by atoms with Crippen molar-refractivity contribution >= 4 is 11.3 Å². The highest BCUT2D eigenvalue weighted by atomic mass is 32.1. The van der Waals surface area contributed by atoms with E-state index in [9.17, 15) is 0 Å². The van der Waals surface area contributed by atoms with Crippen LogP contribution < -0.4 is 5.32 Å². The molecule has 19 heavy (non-hydrogen) atoms. The average Bonchev–Trinajstić information content (AvgIpc) is 2.89. The van der Waals surface area contributed by atoms with Crippen molar-refractivity contribution in [3.05, 3.63) is 40.9 Å². The summed E-state index contributed by atoms with van der Waals surface area (Å²) in [6, 6.07) is 8.37. The minimum Gasteiger partial charge on any atom is -0.380 e.